The van der Waals surface area contributed by atoms with Crippen LogP contribution >= 0.6 is 11.6 Å². The third-order valence-electron chi connectivity index (χ3n) is 9.23. The molecule has 5 aliphatic rings. The summed E-state index contributed by atoms with van der Waals surface area (Å²) in [4.78, 5) is 18.2. The molecule has 10 heteroatoms. The first kappa shape index (κ1) is 27.4. The molecule has 3 aliphatic heterocycles. The quantitative estimate of drug-likeness (QED) is 0.452. The molecule has 39 heavy (non-hydrogen) atoms. The predicted octanol–water partition coefficient (Wildman–Crippen LogP) is 5.03. The number of halogens is 1. The highest BCUT2D eigenvalue weighted by Crippen LogP contribution is 2.51. The molecule has 1 amide bonds. The average molecular weight is 578 g/mol. The maximum Gasteiger partial charge on any atom is 0.411 e. The molecule has 0 N–H and O–H groups in total. The first-order valence-electron chi connectivity index (χ1n) is 14.6. The first-order valence-corrected chi connectivity index (χ1v) is 16.4. The fourth-order valence-electron chi connectivity index (χ4n) is 6.62. The van der Waals surface area contributed by atoms with Gasteiger partial charge in [0, 0.05) is 24.2 Å². The Morgan fingerprint density at radius 1 is 1.05 bits per heavy atom. The largest absolute Gasteiger partial charge is 0.441 e. The number of carbonyl (C=O) groups excluding carboxylic acids is 1. The summed E-state index contributed by atoms with van der Waals surface area (Å²) in [5.74, 6) is 0.268. The van der Waals surface area contributed by atoms with E-state index in [1.807, 2.05) is 4.90 Å². The third kappa shape index (κ3) is 5.56. The van der Waals surface area contributed by atoms with Crippen molar-refractivity contribution in [1.29, 1.82) is 0 Å². The summed E-state index contributed by atoms with van der Waals surface area (Å²) in [5, 5.41) is 0.488. The zero-order valence-electron chi connectivity index (χ0n) is 22.7. The molecule has 4 atom stereocenters. The maximum atomic E-state index is 14.1. The summed E-state index contributed by atoms with van der Waals surface area (Å²) in [6, 6.07) is 5.58. The lowest BCUT2D eigenvalue weighted by Gasteiger charge is -2.44. The number of sulfonamides is 1. The molecule has 2 unspecified atom stereocenters. The van der Waals surface area contributed by atoms with Crippen LogP contribution in [0, 0.1) is 5.92 Å². The fourth-order valence-corrected chi connectivity index (χ4v) is 8.65. The Morgan fingerprint density at radius 3 is 2.44 bits per heavy atom. The Balaban J connectivity index is 1.23. The summed E-state index contributed by atoms with van der Waals surface area (Å²) < 4.78 is 42.1. The number of rotatable bonds is 7. The van der Waals surface area contributed by atoms with Crippen molar-refractivity contribution >= 4 is 27.7 Å². The molecule has 8 nitrogen and oxygen atoms in total. The van der Waals surface area contributed by atoms with Gasteiger partial charge in [-0.3, -0.25) is 4.90 Å². The molecule has 3 heterocycles. The average Bonchev–Trinajstić information content (AvgIpc) is 3.87. The summed E-state index contributed by atoms with van der Waals surface area (Å²) in [7, 11) is -3.85. The van der Waals surface area contributed by atoms with E-state index in [0.717, 1.165) is 38.8 Å². The van der Waals surface area contributed by atoms with Crippen molar-refractivity contribution in [3.8, 4) is 0 Å². The Morgan fingerprint density at radius 2 is 1.77 bits per heavy atom. The Kier molecular flexibility index (Phi) is 7.63. The highest BCUT2D eigenvalue weighted by molar-refractivity contribution is 7.89. The van der Waals surface area contributed by atoms with Gasteiger partial charge in [0.15, 0.2) is 0 Å². The van der Waals surface area contributed by atoms with Crippen LogP contribution in [0.25, 0.3) is 0 Å². The number of amides is 1. The standard InChI is InChI=1S/C29H40ClN3O5S/c1-21-5-10-24(13-18-31-16-3-2-4-17-31)32(21)28(34)38-29(14-15-29)27-20-37-19-26(22-6-7-22)33(27)39(35,36)25-11-8-23(30)9-12-25/h8-9,11-13,18,21-22,24,26-27H,2-7,10,14-17,19-20H2,1H3/t21?,24?,26-,27+/m0/s1. The van der Waals surface area contributed by atoms with E-state index in [0.29, 0.717) is 24.5 Å². The van der Waals surface area contributed by atoms with Gasteiger partial charge in [-0.2, -0.15) is 4.31 Å². The van der Waals surface area contributed by atoms with Crippen LogP contribution < -0.4 is 0 Å². The van der Waals surface area contributed by atoms with Crippen LogP contribution in [0.1, 0.15) is 64.7 Å². The molecule has 1 aromatic carbocycles. The second-order valence-corrected chi connectivity index (χ2v) is 14.3. The number of hydrogen-bond acceptors (Lipinski definition) is 6. The number of likely N-dealkylation sites (tertiary alicyclic amines) is 2. The van der Waals surface area contributed by atoms with Crippen LogP contribution in [-0.4, -0.2) is 84.7 Å². The predicted molar refractivity (Wildman–Crippen MR) is 149 cm³/mol. The van der Waals surface area contributed by atoms with Gasteiger partial charge in [0.05, 0.1) is 36.2 Å². The highest BCUT2D eigenvalue weighted by Gasteiger charge is 2.62. The maximum absolute atomic E-state index is 14.1. The van der Waals surface area contributed by atoms with Crippen molar-refractivity contribution in [2.24, 2.45) is 5.92 Å². The minimum absolute atomic E-state index is 0.0130. The smallest absolute Gasteiger partial charge is 0.411 e. The Hall–Kier alpha value is -1.81. The van der Waals surface area contributed by atoms with Crippen molar-refractivity contribution in [3.05, 3.63) is 41.6 Å². The molecule has 2 aliphatic carbocycles. The highest BCUT2D eigenvalue weighted by atomic mass is 35.5. The second-order valence-electron chi connectivity index (χ2n) is 12.0. The zero-order chi connectivity index (χ0) is 27.2. The number of carbonyl (C=O) groups is 1. The van der Waals surface area contributed by atoms with Crippen LogP contribution in [0.5, 0.6) is 0 Å². The van der Waals surface area contributed by atoms with Crippen molar-refractivity contribution in [1.82, 2.24) is 14.1 Å². The number of ether oxygens (including phenoxy) is 2. The molecule has 1 aromatic rings. The minimum atomic E-state index is -3.85. The van der Waals surface area contributed by atoms with Gasteiger partial charge in [0.1, 0.15) is 5.60 Å². The zero-order valence-corrected chi connectivity index (χ0v) is 24.3. The van der Waals surface area contributed by atoms with Crippen molar-refractivity contribution in [2.75, 3.05) is 26.3 Å². The first-order chi connectivity index (χ1) is 18.8. The number of piperidine rings is 1. The van der Waals surface area contributed by atoms with Gasteiger partial charge in [-0.25, -0.2) is 13.2 Å². The van der Waals surface area contributed by atoms with Gasteiger partial charge in [-0.15, -0.1) is 0 Å². The van der Waals surface area contributed by atoms with Gasteiger partial charge in [-0.1, -0.05) is 11.6 Å². The van der Waals surface area contributed by atoms with Crippen LogP contribution in [-0.2, 0) is 19.5 Å². The lowest BCUT2D eigenvalue weighted by Crippen LogP contribution is -2.61. The van der Waals surface area contributed by atoms with E-state index in [4.69, 9.17) is 21.1 Å². The second kappa shape index (κ2) is 10.9. The molecule has 5 fully saturated rings. The molecule has 0 spiro atoms. The summed E-state index contributed by atoms with van der Waals surface area (Å²) in [5.41, 5.74) is -0.867. The molecule has 6 rings (SSSR count). The number of hydrogen-bond donors (Lipinski definition) is 0. The molecule has 0 radical (unpaired) electrons. The normalized spacial score (nSPS) is 31.5. The molecule has 0 aromatic heterocycles. The van der Waals surface area contributed by atoms with Crippen LogP contribution in [0.4, 0.5) is 4.79 Å². The van der Waals surface area contributed by atoms with E-state index in [9.17, 15) is 13.2 Å². The fraction of sp³-hybridized carbons (Fsp3) is 0.690. The van der Waals surface area contributed by atoms with Gasteiger partial charge < -0.3 is 14.4 Å². The molecule has 2 saturated carbocycles. The summed E-state index contributed by atoms with van der Waals surface area (Å²) in [6.45, 7) is 4.78. The van der Waals surface area contributed by atoms with E-state index in [1.165, 1.54) is 19.3 Å². The Bertz CT molecular complexity index is 1180. The number of nitrogens with zero attached hydrogens (tertiary/aromatic N) is 3. The van der Waals surface area contributed by atoms with Gasteiger partial charge in [0.2, 0.25) is 10.0 Å². The van der Waals surface area contributed by atoms with Crippen molar-refractivity contribution in [3.63, 3.8) is 0 Å². The van der Waals surface area contributed by atoms with Gasteiger partial charge in [-0.05, 0) is 107 Å². The van der Waals surface area contributed by atoms with Crippen LogP contribution in [0.3, 0.4) is 0 Å². The Labute approximate surface area is 237 Å². The van der Waals surface area contributed by atoms with Gasteiger partial charge in [0.25, 0.3) is 0 Å². The third-order valence-corrected chi connectivity index (χ3v) is 11.4. The molecular formula is C29H40ClN3O5S. The minimum Gasteiger partial charge on any atom is -0.441 e. The SMILES string of the molecule is CC1CCC(C=CN2CCCCC2)N1C(=O)OC1([C@H]2COC[C@@H](C3CC3)N2S(=O)(=O)c2ccc(Cl)cc2)CC1. The molecule has 0 bridgehead atoms. The van der Waals surface area contributed by atoms with Crippen molar-refractivity contribution in [2.45, 2.75) is 99.4 Å². The van der Waals surface area contributed by atoms with E-state index in [-0.39, 0.29) is 41.6 Å². The summed E-state index contributed by atoms with van der Waals surface area (Å²) >= 11 is 6.06. The molecular weight excluding hydrogens is 538 g/mol. The molecule has 3 saturated heterocycles. The van der Waals surface area contributed by atoms with Crippen LogP contribution in [0.15, 0.2) is 41.4 Å². The van der Waals surface area contributed by atoms with E-state index < -0.39 is 21.7 Å². The van der Waals surface area contributed by atoms with Gasteiger partial charge >= 0.3 is 6.09 Å². The van der Waals surface area contributed by atoms with E-state index >= 15 is 0 Å². The monoisotopic (exact) mass is 577 g/mol. The number of benzene rings is 1. The lowest BCUT2D eigenvalue weighted by atomic mass is 10.0. The lowest BCUT2D eigenvalue weighted by molar-refractivity contribution is -0.0764. The van der Waals surface area contributed by atoms with E-state index in [1.54, 1.807) is 28.6 Å². The van der Waals surface area contributed by atoms with Crippen molar-refractivity contribution < 1.29 is 22.7 Å². The topological polar surface area (TPSA) is 79.4 Å². The van der Waals surface area contributed by atoms with E-state index in [2.05, 4.69) is 24.1 Å². The number of morpholine rings is 1. The summed E-state index contributed by atoms with van der Waals surface area (Å²) in [6.07, 6.45) is 12.7. The van der Waals surface area contributed by atoms with Crippen LogP contribution in [0.2, 0.25) is 5.02 Å². The molecule has 214 valence electrons.